The number of nitro groups is 1. The van der Waals surface area contributed by atoms with E-state index in [2.05, 4.69) is 5.32 Å². The van der Waals surface area contributed by atoms with E-state index in [1.165, 1.54) is 12.1 Å². The largest absolute Gasteiger partial charge is 0.378 e. The lowest BCUT2D eigenvalue weighted by atomic mass is 9.97. The Morgan fingerprint density at radius 2 is 1.58 bits per heavy atom. The molecule has 5 nitrogen and oxygen atoms in total. The van der Waals surface area contributed by atoms with Gasteiger partial charge in [0.15, 0.2) is 5.78 Å². The van der Waals surface area contributed by atoms with Gasteiger partial charge in [0.2, 0.25) is 0 Å². The quantitative estimate of drug-likeness (QED) is 0.370. The third-order valence-corrected chi connectivity index (χ3v) is 4.08. The Bertz CT molecular complexity index is 895. The van der Waals surface area contributed by atoms with Crippen molar-refractivity contribution in [1.82, 2.24) is 0 Å². The zero-order chi connectivity index (χ0) is 18.4. The van der Waals surface area contributed by atoms with Crippen LogP contribution in [0.15, 0.2) is 84.9 Å². The van der Waals surface area contributed by atoms with Crippen molar-refractivity contribution in [2.24, 2.45) is 0 Å². The normalized spacial score (nSPS) is 11.5. The van der Waals surface area contributed by atoms with Crippen LogP contribution in [0, 0.1) is 10.1 Å². The maximum Gasteiger partial charge on any atom is 0.269 e. The molecule has 0 bridgehead atoms. The van der Waals surface area contributed by atoms with Crippen molar-refractivity contribution in [2.45, 2.75) is 12.5 Å². The van der Waals surface area contributed by atoms with Crippen molar-refractivity contribution in [3.8, 4) is 0 Å². The van der Waals surface area contributed by atoms with Crippen LogP contribution in [0.3, 0.4) is 0 Å². The number of nitro benzene ring substituents is 1. The van der Waals surface area contributed by atoms with Gasteiger partial charge in [-0.25, -0.2) is 0 Å². The van der Waals surface area contributed by atoms with Gasteiger partial charge in [-0.3, -0.25) is 14.9 Å². The highest BCUT2D eigenvalue weighted by Gasteiger charge is 2.19. The number of para-hydroxylation sites is 1. The lowest BCUT2D eigenvalue weighted by molar-refractivity contribution is -0.384. The predicted molar refractivity (Wildman–Crippen MR) is 101 cm³/mol. The van der Waals surface area contributed by atoms with Crippen molar-refractivity contribution < 1.29 is 9.72 Å². The van der Waals surface area contributed by atoms with E-state index in [0.29, 0.717) is 11.1 Å². The number of nitrogens with zero attached hydrogens (tertiary/aromatic N) is 1. The Hall–Kier alpha value is -3.47. The molecule has 130 valence electrons. The van der Waals surface area contributed by atoms with Crippen LogP contribution in [0.1, 0.15) is 28.4 Å². The second-order valence-corrected chi connectivity index (χ2v) is 5.91. The van der Waals surface area contributed by atoms with Crippen molar-refractivity contribution in [1.29, 1.82) is 0 Å². The monoisotopic (exact) mass is 346 g/mol. The number of hydrogen-bond acceptors (Lipinski definition) is 4. The minimum absolute atomic E-state index is 0.00882. The maximum atomic E-state index is 12.7. The molecule has 3 aromatic carbocycles. The fourth-order valence-electron chi connectivity index (χ4n) is 2.77. The van der Waals surface area contributed by atoms with Crippen LogP contribution < -0.4 is 5.32 Å². The fraction of sp³-hybridized carbons (Fsp3) is 0.0952. The van der Waals surface area contributed by atoms with Crippen LogP contribution in [0.5, 0.6) is 0 Å². The van der Waals surface area contributed by atoms with Gasteiger partial charge in [-0.2, -0.15) is 0 Å². The summed E-state index contributed by atoms with van der Waals surface area (Å²) in [6, 6.07) is 24.6. The Kier molecular flexibility index (Phi) is 5.39. The second kappa shape index (κ2) is 8.07. The van der Waals surface area contributed by atoms with Gasteiger partial charge in [0.25, 0.3) is 5.69 Å². The molecule has 0 spiro atoms. The van der Waals surface area contributed by atoms with E-state index in [1.54, 1.807) is 24.3 Å². The lowest BCUT2D eigenvalue weighted by Gasteiger charge is -2.20. The maximum absolute atomic E-state index is 12.7. The van der Waals surface area contributed by atoms with Crippen molar-refractivity contribution in [3.05, 3.63) is 106 Å². The first kappa shape index (κ1) is 17.4. The number of nitrogens with one attached hydrogen (secondary N) is 1. The Balaban J connectivity index is 1.90. The highest BCUT2D eigenvalue weighted by molar-refractivity contribution is 5.96. The molecular weight excluding hydrogens is 328 g/mol. The highest BCUT2D eigenvalue weighted by atomic mass is 16.6. The third-order valence-electron chi connectivity index (χ3n) is 4.08. The minimum atomic E-state index is -0.428. The van der Waals surface area contributed by atoms with Gasteiger partial charge in [0.1, 0.15) is 0 Å². The zero-order valence-corrected chi connectivity index (χ0v) is 14.0. The van der Waals surface area contributed by atoms with Crippen molar-refractivity contribution in [3.63, 3.8) is 0 Å². The average molecular weight is 346 g/mol. The van der Waals surface area contributed by atoms with Gasteiger partial charge < -0.3 is 5.32 Å². The third kappa shape index (κ3) is 4.33. The van der Waals surface area contributed by atoms with E-state index >= 15 is 0 Å². The molecule has 1 atom stereocenters. The van der Waals surface area contributed by atoms with Crippen molar-refractivity contribution in [2.75, 3.05) is 5.32 Å². The number of carbonyl (C=O) groups is 1. The van der Waals surface area contributed by atoms with Gasteiger partial charge in [0, 0.05) is 29.8 Å². The summed E-state index contributed by atoms with van der Waals surface area (Å²) in [6.07, 6.45) is 0.195. The number of hydrogen-bond donors (Lipinski definition) is 1. The number of non-ortho nitro benzene ring substituents is 1. The topological polar surface area (TPSA) is 72.2 Å². The molecule has 1 unspecified atom stereocenters. The van der Waals surface area contributed by atoms with E-state index in [-0.39, 0.29) is 23.9 Å². The van der Waals surface area contributed by atoms with Crippen LogP contribution in [-0.4, -0.2) is 10.7 Å². The van der Waals surface area contributed by atoms with Gasteiger partial charge >= 0.3 is 0 Å². The summed E-state index contributed by atoms with van der Waals surface area (Å²) in [4.78, 5) is 23.3. The molecule has 0 aliphatic rings. The summed E-state index contributed by atoms with van der Waals surface area (Å²) in [5.74, 6) is -0.0227. The molecule has 3 rings (SSSR count). The number of anilines is 1. The molecule has 0 aliphatic carbocycles. The predicted octanol–water partition coefficient (Wildman–Crippen LogP) is 5.02. The molecule has 1 N–H and O–H groups in total. The van der Waals surface area contributed by atoms with Crippen LogP contribution in [0.25, 0.3) is 0 Å². The van der Waals surface area contributed by atoms with Crippen LogP contribution >= 0.6 is 0 Å². The average Bonchev–Trinajstić information content (AvgIpc) is 2.69. The lowest BCUT2D eigenvalue weighted by Crippen LogP contribution is -2.16. The highest BCUT2D eigenvalue weighted by Crippen LogP contribution is 2.27. The molecule has 5 heteroatoms. The molecule has 0 heterocycles. The van der Waals surface area contributed by atoms with E-state index in [1.807, 2.05) is 48.5 Å². The minimum Gasteiger partial charge on any atom is -0.378 e. The van der Waals surface area contributed by atoms with Gasteiger partial charge in [0.05, 0.1) is 11.0 Å². The second-order valence-electron chi connectivity index (χ2n) is 5.91. The first-order chi connectivity index (χ1) is 12.6. The Labute approximate surface area is 151 Å². The van der Waals surface area contributed by atoms with Crippen LogP contribution in [-0.2, 0) is 0 Å². The molecule has 0 fully saturated rings. The smallest absolute Gasteiger partial charge is 0.269 e. The Morgan fingerprint density at radius 1 is 0.923 bits per heavy atom. The fourth-order valence-corrected chi connectivity index (χ4v) is 2.77. The molecule has 3 aromatic rings. The molecule has 0 aliphatic heterocycles. The molecule has 0 saturated carbocycles. The van der Waals surface area contributed by atoms with Gasteiger partial charge in [-0.15, -0.1) is 0 Å². The Morgan fingerprint density at radius 3 is 2.23 bits per heavy atom. The number of carbonyl (C=O) groups excluding carboxylic acids is 1. The first-order valence-electron chi connectivity index (χ1n) is 8.27. The molecule has 0 saturated heterocycles. The van der Waals surface area contributed by atoms with E-state index < -0.39 is 4.92 Å². The number of rotatable bonds is 7. The number of Topliss-reactive ketones (excluding diaryl/α,β-unsaturated/α-hetero) is 1. The van der Waals surface area contributed by atoms with Gasteiger partial charge in [-0.1, -0.05) is 60.7 Å². The van der Waals surface area contributed by atoms with Gasteiger partial charge in [-0.05, 0) is 17.7 Å². The molecular formula is C21H18N2O3. The van der Waals surface area contributed by atoms with Crippen LogP contribution in [0.2, 0.25) is 0 Å². The summed E-state index contributed by atoms with van der Waals surface area (Å²) in [5, 5.41) is 14.4. The number of ketones is 1. The van der Waals surface area contributed by atoms with Crippen molar-refractivity contribution >= 4 is 17.2 Å². The van der Waals surface area contributed by atoms with Crippen LogP contribution in [0.4, 0.5) is 11.4 Å². The first-order valence-corrected chi connectivity index (χ1v) is 8.27. The molecule has 0 amide bonds. The van der Waals surface area contributed by atoms with E-state index in [0.717, 1.165) is 5.69 Å². The summed E-state index contributed by atoms with van der Waals surface area (Å²) in [5.41, 5.74) is 2.18. The summed E-state index contributed by atoms with van der Waals surface area (Å²) >= 11 is 0. The standard InChI is InChI=1S/C21H18N2O3/c24-21(16-8-3-1-4-9-16)15-20(22-18-11-5-2-6-12-18)17-10-7-13-19(14-17)23(25)26/h1-14,20,22H,15H2. The van der Waals surface area contributed by atoms with E-state index in [9.17, 15) is 14.9 Å². The molecule has 0 radical (unpaired) electrons. The summed E-state index contributed by atoms with van der Waals surface area (Å²) in [6.45, 7) is 0. The zero-order valence-electron chi connectivity index (χ0n) is 14.0. The molecule has 0 aromatic heterocycles. The summed E-state index contributed by atoms with van der Waals surface area (Å²) < 4.78 is 0. The van der Waals surface area contributed by atoms with E-state index in [4.69, 9.17) is 0 Å². The summed E-state index contributed by atoms with van der Waals surface area (Å²) in [7, 11) is 0. The molecule has 26 heavy (non-hydrogen) atoms. The SMILES string of the molecule is O=C(CC(Nc1ccccc1)c1cccc([N+](=O)[O-])c1)c1ccccc1. The number of benzene rings is 3.